The van der Waals surface area contributed by atoms with Crippen LogP contribution in [-0.2, 0) is 11.3 Å². The van der Waals surface area contributed by atoms with Gasteiger partial charge < -0.3 is 5.32 Å². The summed E-state index contributed by atoms with van der Waals surface area (Å²) < 4.78 is 56.2. The minimum Gasteiger partial charge on any atom is -0.337 e. The first-order chi connectivity index (χ1) is 16.7. The number of urea groups is 1. The molecule has 1 saturated carbocycles. The Morgan fingerprint density at radius 1 is 1.11 bits per heavy atom. The van der Waals surface area contributed by atoms with Crippen molar-refractivity contribution < 1.29 is 27.2 Å². The molecule has 1 saturated heterocycles. The molecule has 4 heterocycles. The summed E-state index contributed by atoms with van der Waals surface area (Å²) in [5.41, 5.74) is 1.57. The fourth-order valence-electron chi connectivity index (χ4n) is 4.68. The molecule has 1 unspecified atom stereocenters. The van der Waals surface area contributed by atoms with Crippen LogP contribution in [-0.4, -0.2) is 54.3 Å². The third kappa shape index (κ3) is 3.65. The number of aromatic nitrogens is 6. The second-order valence-corrected chi connectivity index (χ2v) is 8.62. The molecule has 3 aromatic heterocycles. The van der Waals surface area contributed by atoms with Crippen LogP contribution < -0.4 is 10.6 Å². The van der Waals surface area contributed by atoms with Crippen LogP contribution in [0.15, 0.2) is 30.7 Å². The van der Waals surface area contributed by atoms with E-state index in [-0.39, 0.29) is 34.8 Å². The second-order valence-electron chi connectivity index (χ2n) is 8.62. The average Bonchev–Trinajstić information content (AvgIpc) is 3.22. The van der Waals surface area contributed by atoms with Gasteiger partial charge in [-0.1, -0.05) is 12.1 Å². The zero-order valence-electron chi connectivity index (χ0n) is 17.8. The van der Waals surface area contributed by atoms with E-state index in [1.54, 1.807) is 18.2 Å². The fraction of sp³-hybridized carbons (Fsp3) is 0.333. The summed E-state index contributed by atoms with van der Waals surface area (Å²) >= 11 is 0. The number of hydrogen-bond donors (Lipinski definition) is 2. The van der Waals surface area contributed by atoms with Gasteiger partial charge in [-0.2, -0.15) is 23.4 Å². The zero-order chi connectivity index (χ0) is 24.5. The van der Waals surface area contributed by atoms with E-state index in [9.17, 15) is 22.8 Å². The molecule has 3 amide bonds. The predicted molar refractivity (Wildman–Crippen MR) is 111 cm³/mol. The molecule has 1 aliphatic heterocycles. The van der Waals surface area contributed by atoms with Gasteiger partial charge in [0.25, 0.3) is 0 Å². The van der Waals surface area contributed by atoms with E-state index in [0.29, 0.717) is 28.0 Å². The lowest BCUT2D eigenvalue weighted by molar-refractivity contribution is -0.141. The van der Waals surface area contributed by atoms with E-state index in [2.05, 4.69) is 30.9 Å². The van der Waals surface area contributed by atoms with E-state index >= 15 is 4.39 Å². The third-order valence-corrected chi connectivity index (χ3v) is 6.37. The first-order valence-corrected chi connectivity index (χ1v) is 10.7. The number of fused-ring (bicyclic) bond motifs is 2. The number of nitrogens with one attached hydrogen (secondary N) is 2. The summed E-state index contributed by atoms with van der Waals surface area (Å²) in [5.74, 6) is -2.52. The summed E-state index contributed by atoms with van der Waals surface area (Å²) in [5, 5.41) is 17.1. The van der Waals surface area contributed by atoms with Crippen molar-refractivity contribution in [3.8, 4) is 0 Å². The van der Waals surface area contributed by atoms with Gasteiger partial charge in [0.2, 0.25) is 5.91 Å². The Balaban J connectivity index is 1.37. The number of amides is 3. The van der Waals surface area contributed by atoms with Crippen molar-refractivity contribution in [2.24, 2.45) is 0 Å². The molecular formula is C21H16F4N8O2. The van der Waals surface area contributed by atoms with Crippen LogP contribution >= 0.6 is 0 Å². The van der Waals surface area contributed by atoms with Crippen molar-refractivity contribution in [3.05, 3.63) is 53.4 Å². The van der Waals surface area contributed by atoms with Gasteiger partial charge in [-0.15, -0.1) is 9.73 Å². The molecule has 10 nitrogen and oxygen atoms in total. The minimum atomic E-state index is -4.54. The highest BCUT2D eigenvalue weighted by Crippen LogP contribution is 2.56. The lowest BCUT2D eigenvalue weighted by atomic mass is 9.98. The number of imide groups is 1. The molecule has 1 aromatic carbocycles. The van der Waals surface area contributed by atoms with Crippen molar-refractivity contribution in [2.75, 3.05) is 6.54 Å². The minimum absolute atomic E-state index is 0.0555. The van der Waals surface area contributed by atoms with E-state index in [4.69, 9.17) is 0 Å². The number of carbonyl (C=O) groups excluding carboxylic acids is 2. The average molecular weight is 488 g/mol. The molecule has 35 heavy (non-hydrogen) atoms. The van der Waals surface area contributed by atoms with Crippen molar-refractivity contribution in [1.29, 1.82) is 0 Å². The number of rotatable bonds is 4. The molecule has 6 rings (SSSR count). The maximum atomic E-state index is 15.5. The van der Waals surface area contributed by atoms with E-state index < -0.39 is 36.4 Å². The Kier molecular flexibility index (Phi) is 4.56. The Morgan fingerprint density at radius 2 is 1.91 bits per heavy atom. The quantitative estimate of drug-likeness (QED) is 0.426. The van der Waals surface area contributed by atoms with Gasteiger partial charge in [0.15, 0.2) is 11.5 Å². The van der Waals surface area contributed by atoms with Gasteiger partial charge in [-0.3, -0.25) is 14.8 Å². The van der Waals surface area contributed by atoms with Gasteiger partial charge in [-0.05, 0) is 29.9 Å². The molecule has 0 bridgehead atoms. The standard InChI is InChI=1S/C21H16F4N8O2/c22-16-10(2-1-9-5-28-32(17(9)16)7-21(23,24)25)11-3-12(11)13-4-15(31-33-18(13)27-8-29-33)14-6-26-20(35)30-19(14)34/h1-2,4-5,8,11-12,14H,3,6-7H2,(H2,26,30,34,35)/t11-,12+,14?/m1/s1. The maximum Gasteiger partial charge on any atom is 0.408 e. The largest absolute Gasteiger partial charge is 0.408 e. The molecule has 1 aliphatic carbocycles. The van der Waals surface area contributed by atoms with Gasteiger partial charge in [-0.25, -0.2) is 14.2 Å². The first kappa shape index (κ1) is 21.4. The van der Waals surface area contributed by atoms with Crippen LogP contribution in [0.3, 0.4) is 0 Å². The topological polar surface area (TPSA) is 119 Å². The number of hydrogen-bond acceptors (Lipinski definition) is 6. The van der Waals surface area contributed by atoms with Crippen LogP contribution in [0.1, 0.15) is 41.0 Å². The Morgan fingerprint density at radius 3 is 2.69 bits per heavy atom. The van der Waals surface area contributed by atoms with E-state index in [1.807, 2.05) is 0 Å². The molecule has 0 radical (unpaired) electrons. The Bertz CT molecular complexity index is 1510. The van der Waals surface area contributed by atoms with E-state index in [1.165, 1.54) is 17.2 Å². The molecular weight excluding hydrogens is 472 g/mol. The molecule has 14 heteroatoms. The van der Waals surface area contributed by atoms with Crippen molar-refractivity contribution >= 4 is 28.5 Å². The Hall–Kier alpha value is -4.10. The molecule has 2 N–H and O–H groups in total. The number of alkyl halides is 3. The van der Waals surface area contributed by atoms with Crippen molar-refractivity contribution in [3.63, 3.8) is 0 Å². The highest BCUT2D eigenvalue weighted by Gasteiger charge is 2.44. The molecule has 3 atom stereocenters. The van der Waals surface area contributed by atoms with Gasteiger partial charge in [0.05, 0.1) is 17.8 Å². The summed E-state index contributed by atoms with van der Waals surface area (Å²) in [4.78, 5) is 28.0. The van der Waals surface area contributed by atoms with Gasteiger partial charge in [0, 0.05) is 17.5 Å². The van der Waals surface area contributed by atoms with Crippen LogP contribution in [0, 0.1) is 5.82 Å². The first-order valence-electron chi connectivity index (χ1n) is 10.7. The maximum absolute atomic E-state index is 15.5. The normalized spacial score (nSPS) is 22.5. The lowest BCUT2D eigenvalue weighted by Gasteiger charge is -2.22. The number of benzene rings is 1. The number of carbonyl (C=O) groups is 2. The molecule has 2 aliphatic rings. The fourth-order valence-corrected chi connectivity index (χ4v) is 4.68. The zero-order valence-corrected chi connectivity index (χ0v) is 17.8. The molecule has 2 fully saturated rings. The molecule has 0 spiro atoms. The third-order valence-electron chi connectivity index (χ3n) is 6.37. The summed E-state index contributed by atoms with van der Waals surface area (Å²) in [6, 6.07) is 4.23. The van der Waals surface area contributed by atoms with Crippen molar-refractivity contribution in [1.82, 2.24) is 40.2 Å². The summed E-state index contributed by atoms with van der Waals surface area (Å²) in [6.45, 7) is -1.33. The Labute approximate surface area is 193 Å². The smallest absolute Gasteiger partial charge is 0.337 e. The highest BCUT2D eigenvalue weighted by molar-refractivity contribution is 6.00. The molecule has 4 aromatic rings. The monoisotopic (exact) mass is 488 g/mol. The van der Waals surface area contributed by atoms with Crippen LogP contribution in [0.25, 0.3) is 16.6 Å². The van der Waals surface area contributed by atoms with Crippen LogP contribution in [0.4, 0.5) is 22.4 Å². The number of halogens is 4. The van der Waals surface area contributed by atoms with Gasteiger partial charge >= 0.3 is 12.2 Å². The summed E-state index contributed by atoms with van der Waals surface area (Å²) in [6.07, 6.45) is -1.50. The van der Waals surface area contributed by atoms with Crippen LogP contribution in [0.5, 0.6) is 0 Å². The predicted octanol–water partition coefficient (Wildman–Crippen LogP) is 2.37. The van der Waals surface area contributed by atoms with E-state index in [0.717, 1.165) is 0 Å². The molecule has 180 valence electrons. The van der Waals surface area contributed by atoms with Crippen molar-refractivity contribution in [2.45, 2.75) is 36.9 Å². The second kappa shape index (κ2) is 7.45. The lowest BCUT2D eigenvalue weighted by Crippen LogP contribution is -2.51. The van der Waals surface area contributed by atoms with Gasteiger partial charge in [0.1, 0.15) is 18.4 Å². The number of nitrogens with zero attached hydrogens (tertiary/aromatic N) is 6. The highest BCUT2D eigenvalue weighted by atomic mass is 19.4. The van der Waals surface area contributed by atoms with Crippen LogP contribution in [0.2, 0.25) is 0 Å². The summed E-state index contributed by atoms with van der Waals surface area (Å²) in [7, 11) is 0. The SMILES string of the molecule is O=C1NCC(c2cc([C@H]3C[C@@H]3c3ccc4cnn(CC(F)(F)F)c4c3F)c3ncnn3n2)C(=O)N1.